The lowest BCUT2D eigenvalue weighted by atomic mass is 10.2. The van der Waals surface area contributed by atoms with E-state index in [1.165, 1.54) is 11.1 Å². The summed E-state index contributed by atoms with van der Waals surface area (Å²) in [7, 11) is 2.05. The van der Waals surface area contributed by atoms with Crippen molar-refractivity contribution in [1.82, 2.24) is 15.3 Å². The number of morpholine rings is 1. The first kappa shape index (κ1) is 17.6. The molecular formula is C19H27N5O. The van der Waals surface area contributed by atoms with Crippen LogP contribution < -0.4 is 15.1 Å². The molecule has 1 saturated heterocycles. The second kappa shape index (κ2) is 8.78. The van der Waals surface area contributed by atoms with Gasteiger partial charge in [0.1, 0.15) is 11.6 Å². The van der Waals surface area contributed by atoms with Crippen LogP contribution in [0.25, 0.3) is 0 Å². The third kappa shape index (κ3) is 4.67. The molecule has 3 rings (SSSR count). The molecule has 0 radical (unpaired) electrons. The minimum absolute atomic E-state index is 0.771. The Labute approximate surface area is 149 Å². The van der Waals surface area contributed by atoms with E-state index < -0.39 is 0 Å². The highest BCUT2D eigenvalue weighted by Crippen LogP contribution is 2.18. The minimum atomic E-state index is 0.771. The van der Waals surface area contributed by atoms with Crippen molar-refractivity contribution in [3.8, 4) is 0 Å². The number of nitrogens with zero attached hydrogens (tertiary/aromatic N) is 4. The monoisotopic (exact) mass is 341 g/mol. The summed E-state index contributed by atoms with van der Waals surface area (Å²) in [6, 6.07) is 8.34. The fourth-order valence-electron chi connectivity index (χ4n) is 2.88. The molecule has 2 aromatic heterocycles. The van der Waals surface area contributed by atoms with Crippen molar-refractivity contribution in [2.45, 2.75) is 20.0 Å². The SMILES string of the molecule is CCN(C)c1ccc(CNCc2cccnc2N2CCOCC2)cn1. The summed E-state index contributed by atoms with van der Waals surface area (Å²) in [5.74, 6) is 2.07. The lowest BCUT2D eigenvalue weighted by Gasteiger charge is -2.29. The molecule has 134 valence electrons. The maximum Gasteiger partial charge on any atom is 0.133 e. The Morgan fingerprint density at radius 3 is 2.72 bits per heavy atom. The summed E-state index contributed by atoms with van der Waals surface area (Å²) in [6.07, 6.45) is 3.81. The normalized spacial score (nSPS) is 14.6. The molecule has 1 aliphatic rings. The number of ether oxygens (including phenoxy) is 1. The highest BCUT2D eigenvalue weighted by atomic mass is 16.5. The van der Waals surface area contributed by atoms with Crippen molar-refractivity contribution in [1.29, 1.82) is 0 Å². The van der Waals surface area contributed by atoms with Crippen molar-refractivity contribution < 1.29 is 4.74 Å². The Bertz CT molecular complexity index is 655. The fourth-order valence-corrected chi connectivity index (χ4v) is 2.88. The Balaban J connectivity index is 1.57. The molecule has 0 spiro atoms. The van der Waals surface area contributed by atoms with E-state index in [9.17, 15) is 0 Å². The van der Waals surface area contributed by atoms with E-state index in [1.54, 1.807) is 0 Å². The van der Waals surface area contributed by atoms with Crippen molar-refractivity contribution in [3.05, 3.63) is 47.8 Å². The fraction of sp³-hybridized carbons (Fsp3) is 0.474. The van der Waals surface area contributed by atoms with Crippen molar-refractivity contribution in [3.63, 3.8) is 0 Å². The number of rotatable bonds is 7. The van der Waals surface area contributed by atoms with Crippen LogP contribution in [0.3, 0.4) is 0 Å². The first-order valence-electron chi connectivity index (χ1n) is 8.91. The van der Waals surface area contributed by atoms with Crippen LogP contribution in [0.2, 0.25) is 0 Å². The first-order valence-corrected chi connectivity index (χ1v) is 8.91. The highest BCUT2D eigenvalue weighted by Gasteiger charge is 2.15. The van der Waals surface area contributed by atoms with Gasteiger partial charge in [-0.1, -0.05) is 12.1 Å². The molecule has 1 aliphatic heterocycles. The molecule has 0 aliphatic carbocycles. The zero-order chi connectivity index (χ0) is 17.5. The van der Waals surface area contributed by atoms with E-state index in [0.29, 0.717) is 0 Å². The number of anilines is 2. The molecule has 0 saturated carbocycles. The molecule has 0 amide bonds. The zero-order valence-corrected chi connectivity index (χ0v) is 15.1. The largest absolute Gasteiger partial charge is 0.378 e. The van der Waals surface area contributed by atoms with Gasteiger partial charge >= 0.3 is 0 Å². The smallest absolute Gasteiger partial charge is 0.133 e. The zero-order valence-electron chi connectivity index (χ0n) is 15.1. The van der Waals surface area contributed by atoms with E-state index in [2.05, 4.69) is 57.3 Å². The molecule has 6 heteroatoms. The molecule has 0 aromatic carbocycles. The molecule has 2 aromatic rings. The minimum Gasteiger partial charge on any atom is -0.378 e. The van der Waals surface area contributed by atoms with E-state index >= 15 is 0 Å². The van der Waals surface area contributed by atoms with Crippen LogP contribution in [0.1, 0.15) is 18.1 Å². The van der Waals surface area contributed by atoms with Gasteiger partial charge in [-0.25, -0.2) is 9.97 Å². The van der Waals surface area contributed by atoms with Crippen LogP contribution >= 0.6 is 0 Å². The van der Waals surface area contributed by atoms with Gasteiger partial charge in [0, 0.05) is 57.7 Å². The molecule has 0 unspecified atom stereocenters. The number of hydrogen-bond acceptors (Lipinski definition) is 6. The van der Waals surface area contributed by atoms with Crippen molar-refractivity contribution >= 4 is 11.6 Å². The number of nitrogens with one attached hydrogen (secondary N) is 1. The second-order valence-corrected chi connectivity index (χ2v) is 6.23. The summed E-state index contributed by atoms with van der Waals surface area (Å²) >= 11 is 0. The summed E-state index contributed by atoms with van der Waals surface area (Å²) in [5.41, 5.74) is 2.41. The number of pyridine rings is 2. The standard InChI is InChI=1S/C19H27N5O/c1-3-23(2)18-7-6-16(14-22-18)13-20-15-17-5-4-8-21-19(17)24-9-11-25-12-10-24/h4-8,14,20H,3,9-13,15H2,1-2H3. The van der Waals surface area contributed by atoms with Gasteiger partial charge < -0.3 is 19.9 Å². The third-order valence-corrected chi connectivity index (χ3v) is 4.50. The molecule has 6 nitrogen and oxygen atoms in total. The molecule has 1 N–H and O–H groups in total. The van der Waals surface area contributed by atoms with Gasteiger partial charge in [0.15, 0.2) is 0 Å². The quantitative estimate of drug-likeness (QED) is 0.832. The van der Waals surface area contributed by atoms with Crippen LogP contribution in [-0.2, 0) is 17.8 Å². The van der Waals surface area contributed by atoms with Gasteiger partial charge in [-0.05, 0) is 24.6 Å². The van der Waals surface area contributed by atoms with Gasteiger partial charge in [0.05, 0.1) is 13.2 Å². The van der Waals surface area contributed by atoms with E-state index in [-0.39, 0.29) is 0 Å². The Morgan fingerprint density at radius 1 is 1.16 bits per heavy atom. The average Bonchev–Trinajstić information content (AvgIpc) is 2.69. The van der Waals surface area contributed by atoms with E-state index in [0.717, 1.165) is 57.6 Å². The molecule has 25 heavy (non-hydrogen) atoms. The topological polar surface area (TPSA) is 53.5 Å². The van der Waals surface area contributed by atoms with Crippen LogP contribution in [0, 0.1) is 0 Å². The Morgan fingerprint density at radius 2 is 2.00 bits per heavy atom. The van der Waals surface area contributed by atoms with Gasteiger partial charge in [-0.3, -0.25) is 0 Å². The van der Waals surface area contributed by atoms with Gasteiger partial charge in [0.2, 0.25) is 0 Å². The molecule has 1 fully saturated rings. The first-order chi connectivity index (χ1) is 12.3. The summed E-state index contributed by atoms with van der Waals surface area (Å²) in [6.45, 7) is 8.01. The highest BCUT2D eigenvalue weighted by molar-refractivity contribution is 5.47. The second-order valence-electron chi connectivity index (χ2n) is 6.23. The lowest BCUT2D eigenvalue weighted by molar-refractivity contribution is 0.122. The molecule has 3 heterocycles. The van der Waals surface area contributed by atoms with Crippen molar-refractivity contribution in [2.75, 3.05) is 49.7 Å². The summed E-state index contributed by atoms with van der Waals surface area (Å²) in [5, 5.41) is 3.51. The van der Waals surface area contributed by atoms with E-state index in [4.69, 9.17) is 4.74 Å². The average molecular weight is 341 g/mol. The predicted molar refractivity (Wildman–Crippen MR) is 101 cm³/mol. The number of aromatic nitrogens is 2. The Hall–Kier alpha value is -2.18. The summed E-state index contributed by atoms with van der Waals surface area (Å²) in [4.78, 5) is 13.5. The number of hydrogen-bond donors (Lipinski definition) is 1. The van der Waals surface area contributed by atoms with Crippen molar-refractivity contribution in [2.24, 2.45) is 0 Å². The van der Waals surface area contributed by atoms with Crippen LogP contribution in [0.5, 0.6) is 0 Å². The van der Waals surface area contributed by atoms with Gasteiger partial charge in [0.25, 0.3) is 0 Å². The van der Waals surface area contributed by atoms with Gasteiger partial charge in [-0.2, -0.15) is 0 Å². The van der Waals surface area contributed by atoms with E-state index in [1.807, 2.05) is 18.5 Å². The maximum absolute atomic E-state index is 5.44. The van der Waals surface area contributed by atoms with Crippen LogP contribution in [-0.4, -0.2) is 49.9 Å². The Kier molecular flexibility index (Phi) is 6.19. The molecule has 0 bridgehead atoms. The maximum atomic E-state index is 5.44. The van der Waals surface area contributed by atoms with Gasteiger partial charge in [-0.15, -0.1) is 0 Å². The van der Waals surface area contributed by atoms with Crippen LogP contribution in [0.15, 0.2) is 36.7 Å². The predicted octanol–water partition coefficient (Wildman–Crippen LogP) is 2.06. The van der Waals surface area contributed by atoms with Crippen LogP contribution in [0.4, 0.5) is 11.6 Å². The summed E-state index contributed by atoms with van der Waals surface area (Å²) < 4.78 is 5.44. The lowest BCUT2D eigenvalue weighted by Crippen LogP contribution is -2.37. The molecule has 0 atom stereocenters. The molecular weight excluding hydrogens is 314 g/mol. The third-order valence-electron chi connectivity index (χ3n) is 4.50.